The third-order valence-corrected chi connectivity index (χ3v) is 3.71. The number of hydrogen-bond acceptors (Lipinski definition) is 4. The number of carbonyl (C=O) groups is 2. The van der Waals surface area contributed by atoms with Crippen LogP contribution in [0.5, 0.6) is 0 Å². The molecule has 1 amide bonds. The summed E-state index contributed by atoms with van der Waals surface area (Å²) < 4.78 is 5.60. The highest BCUT2D eigenvalue weighted by Gasteiger charge is 2.21. The number of ether oxygens (including phenoxy) is 1. The maximum Gasteiger partial charge on any atom is 0.407 e. The summed E-state index contributed by atoms with van der Waals surface area (Å²) in [7, 11) is 0. The third-order valence-electron chi connectivity index (χ3n) is 3.05. The van der Waals surface area contributed by atoms with Crippen LogP contribution < -0.4 is 5.32 Å². The molecule has 0 aliphatic rings. The first-order chi connectivity index (χ1) is 11.1. The van der Waals surface area contributed by atoms with Gasteiger partial charge in [0.1, 0.15) is 11.2 Å². The first-order valence-corrected chi connectivity index (χ1v) is 7.65. The number of aliphatic carboxylic acids is 1. The van der Waals surface area contributed by atoms with Crippen LogP contribution in [0.1, 0.15) is 23.6 Å². The van der Waals surface area contributed by atoms with E-state index in [1.807, 2.05) is 30.3 Å². The van der Waals surface area contributed by atoms with Crippen LogP contribution in [0, 0.1) is 0 Å². The van der Waals surface area contributed by atoms with Gasteiger partial charge in [0, 0.05) is 11.8 Å². The molecule has 0 fully saturated rings. The van der Waals surface area contributed by atoms with Crippen LogP contribution >= 0.6 is 15.9 Å². The van der Waals surface area contributed by atoms with E-state index in [1.165, 1.54) is 0 Å². The lowest BCUT2D eigenvalue weighted by atomic mass is 10.1. The molecule has 2 N–H and O–H groups in total. The standard InChI is InChI=1S/C16H15BrN2O4/c17-15-12(7-4-8-18-15)13(9-14(20)21)19-16(22)23-10-11-5-2-1-3-6-11/h1-8,13H,9-10H2,(H,19,22)(H,20,21)/t13-/m1/s1. The summed E-state index contributed by atoms with van der Waals surface area (Å²) in [6, 6.07) is 11.9. The molecule has 1 aromatic carbocycles. The number of carboxylic acid groups (broad SMARTS) is 1. The molecule has 1 heterocycles. The lowest BCUT2D eigenvalue weighted by Gasteiger charge is -2.18. The van der Waals surface area contributed by atoms with Crippen molar-refractivity contribution in [1.29, 1.82) is 0 Å². The fourth-order valence-corrected chi connectivity index (χ4v) is 2.51. The van der Waals surface area contributed by atoms with Crippen molar-refractivity contribution in [3.8, 4) is 0 Å². The van der Waals surface area contributed by atoms with Gasteiger partial charge < -0.3 is 15.2 Å². The normalized spacial score (nSPS) is 11.5. The van der Waals surface area contributed by atoms with E-state index in [-0.39, 0.29) is 13.0 Å². The molecule has 6 nitrogen and oxygen atoms in total. The van der Waals surface area contributed by atoms with Gasteiger partial charge in [0.25, 0.3) is 0 Å². The minimum atomic E-state index is -1.03. The summed E-state index contributed by atoms with van der Waals surface area (Å²) in [6.45, 7) is 0.112. The molecule has 0 radical (unpaired) electrons. The number of pyridine rings is 1. The number of rotatable bonds is 6. The number of hydrogen-bond donors (Lipinski definition) is 2. The molecule has 120 valence electrons. The van der Waals surface area contributed by atoms with Crippen LogP contribution in [0.2, 0.25) is 0 Å². The molecule has 0 spiro atoms. The van der Waals surface area contributed by atoms with Gasteiger partial charge in [-0.3, -0.25) is 4.79 Å². The van der Waals surface area contributed by atoms with Gasteiger partial charge in [0.2, 0.25) is 0 Å². The fraction of sp³-hybridized carbons (Fsp3) is 0.188. The number of nitrogens with zero attached hydrogens (tertiary/aromatic N) is 1. The molecule has 0 bridgehead atoms. The predicted molar refractivity (Wildman–Crippen MR) is 86.7 cm³/mol. The topological polar surface area (TPSA) is 88.5 Å². The molecule has 0 unspecified atom stereocenters. The van der Waals surface area contributed by atoms with Gasteiger partial charge in [-0.1, -0.05) is 36.4 Å². The van der Waals surface area contributed by atoms with Crippen molar-refractivity contribution in [2.24, 2.45) is 0 Å². The smallest absolute Gasteiger partial charge is 0.407 e. The fourth-order valence-electron chi connectivity index (χ4n) is 1.98. The number of halogens is 1. The van der Waals surface area contributed by atoms with Crippen molar-refractivity contribution < 1.29 is 19.4 Å². The highest BCUT2D eigenvalue weighted by Crippen LogP contribution is 2.23. The Morgan fingerprint density at radius 2 is 1.96 bits per heavy atom. The van der Waals surface area contributed by atoms with Gasteiger partial charge >= 0.3 is 12.1 Å². The first kappa shape index (κ1) is 17.0. The molecule has 7 heteroatoms. The number of aromatic nitrogens is 1. The maximum absolute atomic E-state index is 11.9. The van der Waals surface area contributed by atoms with E-state index in [9.17, 15) is 9.59 Å². The Morgan fingerprint density at radius 1 is 1.22 bits per heavy atom. The summed E-state index contributed by atoms with van der Waals surface area (Å²) in [5.41, 5.74) is 1.42. The van der Waals surface area contributed by atoms with Crippen molar-refractivity contribution in [3.05, 3.63) is 64.4 Å². The Morgan fingerprint density at radius 3 is 2.61 bits per heavy atom. The summed E-state index contributed by atoms with van der Waals surface area (Å²) in [4.78, 5) is 27.0. The zero-order chi connectivity index (χ0) is 16.7. The molecule has 0 aliphatic carbocycles. The Labute approximate surface area is 141 Å². The SMILES string of the molecule is O=C(O)C[C@@H](NC(=O)OCc1ccccc1)c1cccnc1Br. The predicted octanol–water partition coefficient (Wildman–Crippen LogP) is 3.29. The first-order valence-electron chi connectivity index (χ1n) is 6.85. The van der Waals surface area contributed by atoms with Crippen molar-refractivity contribution in [1.82, 2.24) is 10.3 Å². The Hall–Kier alpha value is -2.41. The summed E-state index contributed by atoms with van der Waals surface area (Å²) in [5.74, 6) is -1.03. The highest BCUT2D eigenvalue weighted by molar-refractivity contribution is 9.10. The second-order valence-electron chi connectivity index (χ2n) is 4.74. The summed E-state index contributed by atoms with van der Waals surface area (Å²) in [5, 5.41) is 11.6. The van der Waals surface area contributed by atoms with Crippen LogP contribution in [0.15, 0.2) is 53.3 Å². The number of amides is 1. The molecule has 0 saturated heterocycles. The minimum Gasteiger partial charge on any atom is -0.481 e. The molecule has 23 heavy (non-hydrogen) atoms. The number of nitrogens with one attached hydrogen (secondary N) is 1. The van der Waals surface area contributed by atoms with Gasteiger partial charge in [-0.05, 0) is 27.6 Å². The second-order valence-corrected chi connectivity index (χ2v) is 5.49. The van der Waals surface area contributed by atoms with Crippen LogP contribution in [-0.2, 0) is 16.1 Å². The second kappa shape index (κ2) is 8.28. The lowest BCUT2D eigenvalue weighted by molar-refractivity contribution is -0.137. The van der Waals surface area contributed by atoms with Crippen LogP contribution in [0.4, 0.5) is 4.79 Å². The van der Waals surface area contributed by atoms with E-state index >= 15 is 0 Å². The van der Waals surface area contributed by atoms with Gasteiger partial charge in [-0.25, -0.2) is 9.78 Å². The van der Waals surface area contributed by atoms with Gasteiger partial charge in [-0.2, -0.15) is 0 Å². The minimum absolute atomic E-state index is 0.112. The largest absolute Gasteiger partial charge is 0.481 e. The molecule has 1 atom stereocenters. The van der Waals surface area contributed by atoms with Crippen LogP contribution in [0.3, 0.4) is 0 Å². The van der Waals surface area contributed by atoms with E-state index in [0.717, 1.165) is 5.56 Å². The zero-order valence-electron chi connectivity index (χ0n) is 12.1. The number of carboxylic acids is 1. The molecular formula is C16H15BrN2O4. The van der Waals surface area contributed by atoms with Crippen molar-refractivity contribution in [2.45, 2.75) is 19.1 Å². The van der Waals surface area contributed by atoms with E-state index in [2.05, 4.69) is 26.2 Å². The third kappa shape index (κ3) is 5.37. The molecular weight excluding hydrogens is 364 g/mol. The molecule has 0 aliphatic heterocycles. The molecule has 0 saturated carbocycles. The highest BCUT2D eigenvalue weighted by atomic mass is 79.9. The number of carbonyl (C=O) groups excluding carboxylic acids is 1. The van der Waals surface area contributed by atoms with E-state index in [4.69, 9.17) is 9.84 Å². The molecule has 2 rings (SSSR count). The average molecular weight is 379 g/mol. The monoisotopic (exact) mass is 378 g/mol. The van der Waals surface area contributed by atoms with Gasteiger partial charge in [0.15, 0.2) is 0 Å². The average Bonchev–Trinajstić information content (AvgIpc) is 2.53. The van der Waals surface area contributed by atoms with Gasteiger partial charge in [-0.15, -0.1) is 0 Å². The number of alkyl carbamates (subject to hydrolysis) is 1. The Balaban J connectivity index is 2.01. The molecule has 2 aromatic rings. The Bertz CT molecular complexity index is 679. The van der Waals surface area contributed by atoms with Crippen LogP contribution in [-0.4, -0.2) is 22.2 Å². The van der Waals surface area contributed by atoms with E-state index in [0.29, 0.717) is 10.2 Å². The zero-order valence-corrected chi connectivity index (χ0v) is 13.7. The molecule has 1 aromatic heterocycles. The quantitative estimate of drug-likeness (QED) is 0.752. The lowest BCUT2D eigenvalue weighted by Crippen LogP contribution is -2.31. The van der Waals surface area contributed by atoms with Gasteiger partial charge in [0.05, 0.1) is 12.5 Å². The maximum atomic E-state index is 11.9. The van der Waals surface area contributed by atoms with Crippen molar-refractivity contribution >= 4 is 28.0 Å². The van der Waals surface area contributed by atoms with Crippen molar-refractivity contribution in [2.75, 3.05) is 0 Å². The van der Waals surface area contributed by atoms with Crippen LogP contribution in [0.25, 0.3) is 0 Å². The van der Waals surface area contributed by atoms with E-state index in [1.54, 1.807) is 18.3 Å². The number of benzene rings is 1. The van der Waals surface area contributed by atoms with Crippen molar-refractivity contribution in [3.63, 3.8) is 0 Å². The Kier molecular flexibility index (Phi) is 6.10. The van der Waals surface area contributed by atoms with E-state index < -0.39 is 18.1 Å². The summed E-state index contributed by atoms with van der Waals surface area (Å²) >= 11 is 3.26. The summed E-state index contributed by atoms with van der Waals surface area (Å²) in [6.07, 6.45) is 0.611.